The van der Waals surface area contributed by atoms with Gasteiger partial charge in [-0.25, -0.2) is 0 Å². The summed E-state index contributed by atoms with van der Waals surface area (Å²) in [4.78, 5) is 11.5. The summed E-state index contributed by atoms with van der Waals surface area (Å²) in [5, 5.41) is 20.9. The number of phenolic OH excluding ortho intramolecular Hbond substituents is 2. The number of ether oxygens (including phenoxy) is 1. The van der Waals surface area contributed by atoms with E-state index in [1.54, 1.807) is 0 Å². The second kappa shape index (κ2) is 5.97. The van der Waals surface area contributed by atoms with E-state index in [2.05, 4.69) is 5.32 Å². The van der Waals surface area contributed by atoms with Crippen LogP contribution in [0.15, 0.2) is 18.2 Å². The van der Waals surface area contributed by atoms with Gasteiger partial charge in [0.05, 0.1) is 6.61 Å². The maximum absolute atomic E-state index is 11.5. The number of carbonyl (C=O) groups is 1. The monoisotopic (exact) mass is 225 g/mol. The zero-order valence-corrected chi connectivity index (χ0v) is 9.06. The molecular weight excluding hydrogens is 210 g/mol. The van der Waals surface area contributed by atoms with Crippen molar-refractivity contribution in [3.8, 4) is 11.5 Å². The van der Waals surface area contributed by atoms with Crippen LogP contribution in [0, 0.1) is 0 Å². The number of phenols is 2. The first kappa shape index (κ1) is 12.3. The Hall–Kier alpha value is -1.75. The van der Waals surface area contributed by atoms with E-state index in [1.807, 2.05) is 6.92 Å². The minimum atomic E-state index is -0.310. The molecule has 0 aromatic heterocycles. The standard InChI is InChI=1S/C11H15NO4/c1-2-16-6-5-12-11(15)8-3-4-9(13)10(14)7-8/h3-4,7,13-14H,2,5-6H2,1H3,(H,12,15). The Morgan fingerprint density at radius 2 is 2.12 bits per heavy atom. The molecule has 16 heavy (non-hydrogen) atoms. The molecule has 88 valence electrons. The molecule has 3 N–H and O–H groups in total. The Bertz CT molecular complexity index is 365. The molecule has 0 saturated carbocycles. The quantitative estimate of drug-likeness (QED) is 0.513. The Labute approximate surface area is 93.7 Å². The van der Waals surface area contributed by atoms with E-state index in [4.69, 9.17) is 9.84 Å². The van der Waals surface area contributed by atoms with Crippen molar-refractivity contribution in [1.29, 1.82) is 0 Å². The number of carbonyl (C=O) groups excluding carboxylic acids is 1. The van der Waals surface area contributed by atoms with E-state index >= 15 is 0 Å². The minimum Gasteiger partial charge on any atom is -0.504 e. The van der Waals surface area contributed by atoms with E-state index in [1.165, 1.54) is 18.2 Å². The van der Waals surface area contributed by atoms with Crippen LogP contribution in [0.25, 0.3) is 0 Å². The SMILES string of the molecule is CCOCCNC(=O)c1ccc(O)c(O)c1. The Kier molecular flexibility index (Phi) is 4.60. The third-order valence-electron chi connectivity index (χ3n) is 1.97. The van der Waals surface area contributed by atoms with Gasteiger partial charge < -0.3 is 20.3 Å². The first-order chi connectivity index (χ1) is 7.65. The molecule has 0 heterocycles. The average Bonchev–Trinajstić information content (AvgIpc) is 2.28. The van der Waals surface area contributed by atoms with Crippen molar-refractivity contribution in [2.24, 2.45) is 0 Å². The van der Waals surface area contributed by atoms with Crippen LogP contribution < -0.4 is 5.32 Å². The number of nitrogens with one attached hydrogen (secondary N) is 1. The molecule has 0 aliphatic carbocycles. The van der Waals surface area contributed by atoms with Crippen LogP contribution in [0.3, 0.4) is 0 Å². The number of aromatic hydroxyl groups is 2. The molecule has 1 aromatic carbocycles. The van der Waals surface area contributed by atoms with Gasteiger partial charge in [0, 0.05) is 18.7 Å². The van der Waals surface area contributed by atoms with Crippen molar-refractivity contribution in [3.05, 3.63) is 23.8 Å². The summed E-state index contributed by atoms with van der Waals surface area (Å²) >= 11 is 0. The predicted molar refractivity (Wildman–Crippen MR) is 58.6 cm³/mol. The van der Waals surface area contributed by atoms with Crippen LogP contribution in [0.2, 0.25) is 0 Å². The molecule has 1 amide bonds. The lowest BCUT2D eigenvalue weighted by molar-refractivity contribution is 0.0922. The smallest absolute Gasteiger partial charge is 0.251 e. The summed E-state index contributed by atoms with van der Waals surface area (Å²) in [6, 6.07) is 3.92. The number of benzene rings is 1. The normalized spacial score (nSPS) is 10.1. The summed E-state index contributed by atoms with van der Waals surface area (Å²) < 4.78 is 5.06. The molecule has 5 nitrogen and oxygen atoms in total. The van der Waals surface area contributed by atoms with Crippen LogP contribution in [0.1, 0.15) is 17.3 Å². The molecule has 0 aliphatic heterocycles. The number of rotatable bonds is 5. The van der Waals surface area contributed by atoms with Gasteiger partial charge in [0.15, 0.2) is 11.5 Å². The number of hydrogen-bond donors (Lipinski definition) is 3. The fourth-order valence-corrected chi connectivity index (χ4v) is 1.15. The molecule has 1 rings (SSSR count). The highest BCUT2D eigenvalue weighted by molar-refractivity contribution is 5.94. The number of amides is 1. The highest BCUT2D eigenvalue weighted by Crippen LogP contribution is 2.24. The fraction of sp³-hybridized carbons (Fsp3) is 0.364. The molecule has 0 saturated heterocycles. The van der Waals surface area contributed by atoms with E-state index in [-0.39, 0.29) is 17.4 Å². The predicted octanol–water partition coefficient (Wildman–Crippen LogP) is 0.864. The zero-order valence-electron chi connectivity index (χ0n) is 9.06. The van der Waals surface area contributed by atoms with Gasteiger partial charge in [-0.05, 0) is 25.1 Å². The highest BCUT2D eigenvalue weighted by atomic mass is 16.5. The molecule has 0 aliphatic rings. The second-order valence-electron chi connectivity index (χ2n) is 3.16. The lowest BCUT2D eigenvalue weighted by Gasteiger charge is -2.06. The molecule has 0 spiro atoms. The Morgan fingerprint density at radius 1 is 1.38 bits per heavy atom. The van der Waals surface area contributed by atoms with Gasteiger partial charge in [0.1, 0.15) is 0 Å². The highest BCUT2D eigenvalue weighted by Gasteiger charge is 2.07. The van der Waals surface area contributed by atoms with Crippen LogP contribution in [-0.4, -0.2) is 35.9 Å². The fourth-order valence-electron chi connectivity index (χ4n) is 1.15. The van der Waals surface area contributed by atoms with Gasteiger partial charge >= 0.3 is 0 Å². The van der Waals surface area contributed by atoms with Crippen molar-refractivity contribution >= 4 is 5.91 Å². The summed E-state index contributed by atoms with van der Waals surface area (Å²) in [7, 11) is 0. The van der Waals surface area contributed by atoms with E-state index in [9.17, 15) is 9.90 Å². The van der Waals surface area contributed by atoms with Gasteiger partial charge in [-0.3, -0.25) is 4.79 Å². The van der Waals surface area contributed by atoms with Crippen molar-refractivity contribution < 1.29 is 19.7 Å². The molecule has 0 atom stereocenters. The van der Waals surface area contributed by atoms with Gasteiger partial charge in [0.25, 0.3) is 5.91 Å². The maximum atomic E-state index is 11.5. The largest absolute Gasteiger partial charge is 0.504 e. The maximum Gasteiger partial charge on any atom is 0.251 e. The summed E-state index contributed by atoms with van der Waals surface area (Å²) in [6.07, 6.45) is 0. The van der Waals surface area contributed by atoms with E-state index in [0.29, 0.717) is 25.3 Å². The lowest BCUT2D eigenvalue weighted by Crippen LogP contribution is -2.27. The zero-order chi connectivity index (χ0) is 12.0. The van der Waals surface area contributed by atoms with E-state index < -0.39 is 0 Å². The van der Waals surface area contributed by atoms with Gasteiger partial charge in [0.2, 0.25) is 0 Å². The van der Waals surface area contributed by atoms with Crippen molar-refractivity contribution in [2.75, 3.05) is 19.8 Å². The first-order valence-corrected chi connectivity index (χ1v) is 5.03. The van der Waals surface area contributed by atoms with Gasteiger partial charge in [-0.2, -0.15) is 0 Å². The van der Waals surface area contributed by atoms with Gasteiger partial charge in [-0.15, -0.1) is 0 Å². The average molecular weight is 225 g/mol. The summed E-state index contributed by atoms with van der Waals surface area (Å²) in [6.45, 7) is 3.34. The van der Waals surface area contributed by atoms with Crippen molar-refractivity contribution in [1.82, 2.24) is 5.32 Å². The molecule has 0 fully saturated rings. The first-order valence-electron chi connectivity index (χ1n) is 5.03. The van der Waals surface area contributed by atoms with Gasteiger partial charge in [-0.1, -0.05) is 0 Å². The van der Waals surface area contributed by atoms with Crippen molar-refractivity contribution in [2.45, 2.75) is 6.92 Å². The number of hydrogen-bond acceptors (Lipinski definition) is 4. The van der Waals surface area contributed by atoms with Crippen LogP contribution >= 0.6 is 0 Å². The molecule has 1 aromatic rings. The van der Waals surface area contributed by atoms with Crippen molar-refractivity contribution in [3.63, 3.8) is 0 Å². The minimum absolute atomic E-state index is 0.245. The van der Waals surface area contributed by atoms with Crippen LogP contribution in [-0.2, 0) is 4.74 Å². The lowest BCUT2D eigenvalue weighted by atomic mass is 10.2. The molecular formula is C11H15NO4. The molecule has 0 bridgehead atoms. The second-order valence-corrected chi connectivity index (χ2v) is 3.16. The van der Waals surface area contributed by atoms with Crippen LogP contribution in [0.5, 0.6) is 11.5 Å². The molecule has 5 heteroatoms. The topological polar surface area (TPSA) is 78.8 Å². The molecule has 0 radical (unpaired) electrons. The summed E-state index contributed by atoms with van der Waals surface area (Å²) in [5.74, 6) is -0.863. The molecule has 0 unspecified atom stereocenters. The third-order valence-corrected chi connectivity index (χ3v) is 1.97. The van der Waals surface area contributed by atoms with Crippen LogP contribution in [0.4, 0.5) is 0 Å². The summed E-state index contributed by atoms with van der Waals surface area (Å²) in [5.41, 5.74) is 0.298. The van der Waals surface area contributed by atoms with E-state index in [0.717, 1.165) is 0 Å². The third kappa shape index (κ3) is 3.43. The Balaban J connectivity index is 2.50. The Morgan fingerprint density at radius 3 is 2.75 bits per heavy atom.